The first-order valence-electron chi connectivity index (χ1n) is 8.76. The minimum atomic E-state index is -3.76. The van der Waals surface area contributed by atoms with Crippen molar-refractivity contribution in [1.29, 1.82) is 0 Å². The summed E-state index contributed by atoms with van der Waals surface area (Å²) in [6, 6.07) is 10.3. The number of ether oxygens (including phenoxy) is 1. The van der Waals surface area contributed by atoms with Crippen LogP contribution in [0.4, 0.5) is 0 Å². The van der Waals surface area contributed by atoms with E-state index in [1.54, 1.807) is 18.2 Å². The highest BCUT2D eigenvalue weighted by atomic mass is 79.9. The second-order valence-corrected chi connectivity index (χ2v) is 9.06. The number of pyridine rings is 1. The van der Waals surface area contributed by atoms with Gasteiger partial charge < -0.3 is 4.74 Å². The van der Waals surface area contributed by atoms with E-state index >= 15 is 0 Å². The molecule has 7 nitrogen and oxygen atoms in total. The Kier molecular flexibility index (Phi) is 4.92. The maximum absolute atomic E-state index is 13.5. The third kappa shape index (κ3) is 3.24. The second kappa shape index (κ2) is 7.21. The van der Waals surface area contributed by atoms with Crippen LogP contribution in [0.1, 0.15) is 31.6 Å². The molecular weight excluding hydrogens is 432 g/mol. The van der Waals surface area contributed by atoms with Gasteiger partial charge in [0, 0.05) is 17.2 Å². The Morgan fingerprint density at radius 2 is 2.11 bits per heavy atom. The van der Waals surface area contributed by atoms with Gasteiger partial charge >= 0.3 is 0 Å². The van der Waals surface area contributed by atoms with Crippen LogP contribution in [0.15, 0.2) is 52.0 Å². The molecule has 1 atom stereocenters. The van der Waals surface area contributed by atoms with Gasteiger partial charge in [0.15, 0.2) is 11.5 Å². The Balaban J connectivity index is 1.79. The zero-order valence-electron chi connectivity index (χ0n) is 14.7. The van der Waals surface area contributed by atoms with Crippen LogP contribution in [0.2, 0.25) is 0 Å². The number of fused-ring (bicyclic) bond motifs is 1. The average Bonchev–Trinajstić information content (AvgIpc) is 3.30. The standard InChI is InChI=1S/C18H19BrN4O3S/c1-2-26-15-9-8-13(19)12-16(15)27(24,25)23-11-5-6-14(23)18-21-20-17-7-3-4-10-22(17)18/h3-4,7-10,12,14H,2,5-6,11H2,1H3. The number of sulfonamides is 1. The lowest BCUT2D eigenvalue weighted by molar-refractivity contribution is 0.327. The Hall–Kier alpha value is -1.97. The van der Waals surface area contributed by atoms with Gasteiger partial charge in [0.1, 0.15) is 10.6 Å². The van der Waals surface area contributed by atoms with Crippen LogP contribution in [0.25, 0.3) is 5.65 Å². The van der Waals surface area contributed by atoms with E-state index in [0.717, 1.165) is 6.42 Å². The smallest absolute Gasteiger partial charge is 0.247 e. The molecule has 3 heterocycles. The van der Waals surface area contributed by atoms with Crippen molar-refractivity contribution in [3.05, 3.63) is 52.9 Å². The van der Waals surface area contributed by atoms with Gasteiger partial charge in [0.25, 0.3) is 0 Å². The van der Waals surface area contributed by atoms with Crippen LogP contribution in [-0.2, 0) is 10.0 Å². The summed E-state index contributed by atoms with van der Waals surface area (Å²) < 4.78 is 36.6. The summed E-state index contributed by atoms with van der Waals surface area (Å²) in [6.07, 6.45) is 3.33. The van der Waals surface area contributed by atoms with Gasteiger partial charge in [-0.25, -0.2) is 8.42 Å². The third-order valence-corrected chi connectivity index (χ3v) is 7.06. The van der Waals surface area contributed by atoms with Gasteiger partial charge in [-0.05, 0) is 50.1 Å². The highest BCUT2D eigenvalue weighted by molar-refractivity contribution is 9.10. The van der Waals surface area contributed by atoms with Crippen LogP contribution < -0.4 is 4.74 Å². The van der Waals surface area contributed by atoms with Crippen molar-refractivity contribution in [3.8, 4) is 5.75 Å². The molecule has 0 N–H and O–H groups in total. The summed E-state index contributed by atoms with van der Waals surface area (Å²) >= 11 is 3.37. The SMILES string of the molecule is CCOc1ccc(Br)cc1S(=O)(=O)N1CCCC1c1nnc2ccccn12. The maximum Gasteiger partial charge on any atom is 0.247 e. The van der Waals surface area contributed by atoms with Crippen molar-refractivity contribution in [2.75, 3.05) is 13.2 Å². The predicted octanol–water partition coefficient (Wildman–Crippen LogP) is 3.42. The summed E-state index contributed by atoms with van der Waals surface area (Å²) in [4.78, 5) is 0.166. The number of nitrogens with zero attached hydrogens (tertiary/aromatic N) is 4. The molecule has 3 aromatic rings. The highest BCUT2D eigenvalue weighted by Gasteiger charge is 2.40. The molecule has 0 saturated carbocycles. The van der Waals surface area contributed by atoms with Crippen molar-refractivity contribution >= 4 is 31.6 Å². The van der Waals surface area contributed by atoms with Crippen LogP contribution in [0.3, 0.4) is 0 Å². The van der Waals surface area contributed by atoms with Crippen LogP contribution in [0, 0.1) is 0 Å². The first-order chi connectivity index (χ1) is 13.0. The van der Waals surface area contributed by atoms with Crippen molar-refractivity contribution < 1.29 is 13.2 Å². The number of benzene rings is 1. The van der Waals surface area contributed by atoms with Crippen LogP contribution in [-0.4, -0.2) is 40.5 Å². The van der Waals surface area contributed by atoms with E-state index in [2.05, 4.69) is 26.1 Å². The van der Waals surface area contributed by atoms with Gasteiger partial charge in [0.05, 0.1) is 12.6 Å². The lowest BCUT2D eigenvalue weighted by Crippen LogP contribution is -2.32. The molecule has 1 aliphatic rings. The van der Waals surface area contributed by atoms with E-state index in [0.29, 0.717) is 41.3 Å². The quantitative estimate of drug-likeness (QED) is 0.594. The predicted molar refractivity (Wildman–Crippen MR) is 104 cm³/mol. The fraction of sp³-hybridized carbons (Fsp3) is 0.333. The number of hydrogen-bond donors (Lipinski definition) is 0. The minimum Gasteiger partial charge on any atom is -0.492 e. The fourth-order valence-corrected chi connectivity index (χ4v) is 5.78. The zero-order chi connectivity index (χ0) is 19.0. The summed E-state index contributed by atoms with van der Waals surface area (Å²) in [5.74, 6) is 0.997. The fourth-order valence-electron chi connectivity index (χ4n) is 3.46. The second-order valence-electron chi connectivity index (χ2n) is 6.28. The minimum absolute atomic E-state index is 0.166. The third-order valence-electron chi connectivity index (χ3n) is 4.63. The van der Waals surface area contributed by atoms with E-state index in [1.165, 1.54) is 4.31 Å². The van der Waals surface area contributed by atoms with Gasteiger partial charge in [-0.15, -0.1) is 10.2 Å². The molecule has 2 aromatic heterocycles. The van der Waals surface area contributed by atoms with E-state index in [9.17, 15) is 8.42 Å². The summed E-state index contributed by atoms with van der Waals surface area (Å²) in [7, 11) is -3.76. The van der Waals surface area contributed by atoms with Crippen molar-refractivity contribution in [2.24, 2.45) is 0 Å². The van der Waals surface area contributed by atoms with Crippen LogP contribution >= 0.6 is 15.9 Å². The topological polar surface area (TPSA) is 76.8 Å². The molecule has 27 heavy (non-hydrogen) atoms. The maximum atomic E-state index is 13.5. The number of hydrogen-bond acceptors (Lipinski definition) is 5. The van der Waals surface area contributed by atoms with E-state index in [1.807, 2.05) is 35.7 Å². The van der Waals surface area contributed by atoms with E-state index in [4.69, 9.17) is 4.74 Å². The first-order valence-corrected chi connectivity index (χ1v) is 11.0. The zero-order valence-corrected chi connectivity index (χ0v) is 17.1. The monoisotopic (exact) mass is 450 g/mol. The number of halogens is 1. The molecule has 0 radical (unpaired) electrons. The van der Waals surface area contributed by atoms with Gasteiger partial charge in [-0.1, -0.05) is 22.0 Å². The molecule has 1 saturated heterocycles. The molecule has 1 fully saturated rings. The normalized spacial score (nSPS) is 18.2. The number of rotatable bonds is 5. The van der Waals surface area contributed by atoms with E-state index in [-0.39, 0.29) is 10.9 Å². The molecule has 1 aliphatic heterocycles. The van der Waals surface area contributed by atoms with E-state index < -0.39 is 10.0 Å². The molecule has 0 amide bonds. The molecule has 0 aliphatic carbocycles. The summed E-state index contributed by atoms with van der Waals surface area (Å²) in [5.41, 5.74) is 0.703. The average molecular weight is 451 g/mol. The highest BCUT2D eigenvalue weighted by Crippen LogP contribution is 2.39. The molecular formula is C18H19BrN4O3S. The summed E-state index contributed by atoms with van der Waals surface area (Å²) in [6.45, 7) is 2.66. The van der Waals surface area contributed by atoms with Crippen molar-refractivity contribution in [3.63, 3.8) is 0 Å². The number of aromatic nitrogens is 3. The first kappa shape index (κ1) is 18.4. The molecule has 4 rings (SSSR count). The van der Waals surface area contributed by atoms with Gasteiger partial charge in [-0.3, -0.25) is 4.40 Å². The Morgan fingerprint density at radius 1 is 1.26 bits per heavy atom. The van der Waals surface area contributed by atoms with Crippen molar-refractivity contribution in [2.45, 2.75) is 30.7 Å². The van der Waals surface area contributed by atoms with Gasteiger partial charge in [-0.2, -0.15) is 4.31 Å². The largest absolute Gasteiger partial charge is 0.492 e. The molecule has 1 aromatic carbocycles. The van der Waals surface area contributed by atoms with Crippen molar-refractivity contribution in [1.82, 2.24) is 18.9 Å². The Morgan fingerprint density at radius 3 is 2.93 bits per heavy atom. The molecule has 1 unspecified atom stereocenters. The molecule has 9 heteroatoms. The lowest BCUT2D eigenvalue weighted by atomic mass is 10.2. The lowest BCUT2D eigenvalue weighted by Gasteiger charge is -2.24. The molecule has 142 valence electrons. The van der Waals surface area contributed by atoms with Gasteiger partial charge in [0.2, 0.25) is 10.0 Å². The summed E-state index contributed by atoms with van der Waals surface area (Å²) in [5, 5.41) is 8.45. The molecule has 0 bridgehead atoms. The molecule has 0 spiro atoms. The Bertz CT molecular complexity index is 1080. The Labute approximate surface area is 166 Å². The van der Waals surface area contributed by atoms with Crippen LogP contribution in [0.5, 0.6) is 5.75 Å².